The van der Waals surface area contributed by atoms with Crippen LogP contribution in [-0.2, 0) is 6.54 Å². The molecule has 0 spiro atoms. The molecule has 7 heteroatoms. The largest absolute Gasteiger partial charge is 0.339 e. The average molecular weight is 432 g/mol. The van der Waals surface area contributed by atoms with Crippen molar-refractivity contribution in [1.82, 2.24) is 20.0 Å². The van der Waals surface area contributed by atoms with Crippen molar-refractivity contribution < 1.29 is 13.7 Å². The molecule has 1 fully saturated rings. The van der Waals surface area contributed by atoms with E-state index in [-0.39, 0.29) is 24.2 Å². The van der Waals surface area contributed by atoms with Crippen LogP contribution >= 0.6 is 0 Å². The molecule has 0 saturated heterocycles. The summed E-state index contributed by atoms with van der Waals surface area (Å²) in [5.41, 5.74) is 1.85. The predicted octanol–water partition coefficient (Wildman–Crippen LogP) is 5.22. The second kappa shape index (κ2) is 8.22. The van der Waals surface area contributed by atoms with Crippen molar-refractivity contribution in [2.75, 3.05) is 0 Å². The molecule has 1 aliphatic rings. The van der Waals surface area contributed by atoms with Crippen molar-refractivity contribution in [2.45, 2.75) is 45.2 Å². The summed E-state index contributed by atoms with van der Waals surface area (Å²) >= 11 is 0. The lowest BCUT2D eigenvalue weighted by Gasteiger charge is -2.19. The van der Waals surface area contributed by atoms with Gasteiger partial charge in [-0.15, -0.1) is 0 Å². The van der Waals surface area contributed by atoms with Crippen LogP contribution < -0.4 is 5.32 Å². The zero-order valence-corrected chi connectivity index (χ0v) is 18.1. The van der Waals surface area contributed by atoms with E-state index in [1.807, 2.05) is 48.7 Å². The van der Waals surface area contributed by atoms with E-state index in [1.165, 1.54) is 6.07 Å². The highest BCUT2D eigenvalue weighted by Crippen LogP contribution is 2.38. The third-order valence-corrected chi connectivity index (χ3v) is 5.95. The highest BCUT2D eigenvalue weighted by molar-refractivity contribution is 5.99. The maximum atomic E-state index is 14.4. The van der Waals surface area contributed by atoms with Crippen LogP contribution in [0, 0.1) is 11.7 Å². The quantitative estimate of drug-likeness (QED) is 0.435. The third kappa shape index (κ3) is 3.90. The Morgan fingerprint density at radius 2 is 1.94 bits per heavy atom. The van der Waals surface area contributed by atoms with Gasteiger partial charge >= 0.3 is 0 Å². The fourth-order valence-electron chi connectivity index (χ4n) is 3.98. The molecule has 6 nitrogen and oxygen atoms in total. The van der Waals surface area contributed by atoms with Crippen molar-refractivity contribution in [3.05, 3.63) is 83.4 Å². The van der Waals surface area contributed by atoms with Crippen molar-refractivity contribution >= 4 is 16.8 Å². The Kier molecular flexibility index (Phi) is 5.25. The van der Waals surface area contributed by atoms with Gasteiger partial charge in [0.05, 0.1) is 6.54 Å². The first-order valence-electron chi connectivity index (χ1n) is 11.0. The summed E-state index contributed by atoms with van der Waals surface area (Å²) in [6, 6.07) is 15.8. The minimum Gasteiger partial charge on any atom is -0.339 e. The van der Waals surface area contributed by atoms with E-state index in [0.717, 1.165) is 23.7 Å². The molecule has 1 aliphatic carbocycles. The van der Waals surface area contributed by atoms with Crippen LogP contribution in [0.15, 0.2) is 59.1 Å². The molecular weight excluding hydrogens is 407 g/mol. The summed E-state index contributed by atoms with van der Waals surface area (Å²) in [6.07, 6.45) is 2.15. The number of fused-ring (bicyclic) bond motifs is 1. The number of nitrogens with one attached hydrogen (secondary N) is 1. The second-order valence-corrected chi connectivity index (χ2v) is 8.73. The minimum atomic E-state index is -0.414. The monoisotopic (exact) mass is 432 g/mol. The van der Waals surface area contributed by atoms with Gasteiger partial charge in [-0.25, -0.2) is 4.39 Å². The van der Waals surface area contributed by atoms with Crippen molar-refractivity contribution in [1.29, 1.82) is 0 Å². The maximum absolute atomic E-state index is 14.4. The van der Waals surface area contributed by atoms with Crippen LogP contribution in [0.25, 0.3) is 10.9 Å². The van der Waals surface area contributed by atoms with Gasteiger partial charge in [0.15, 0.2) is 5.82 Å². The molecular formula is C25H25FN4O2. The van der Waals surface area contributed by atoms with Crippen molar-refractivity contribution in [3.8, 4) is 0 Å². The van der Waals surface area contributed by atoms with Gasteiger partial charge in [0.1, 0.15) is 17.6 Å². The molecule has 1 atom stereocenters. The molecule has 2 aromatic carbocycles. The Hall–Kier alpha value is -3.48. The van der Waals surface area contributed by atoms with Gasteiger partial charge in [0.25, 0.3) is 5.91 Å². The van der Waals surface area contributed by atoms with Crippen LogP contribution in [-0.4, -0.2) is 20.6 Å². The Bertz CT molecular complexity index is 1270. The lowest BCUT2D eigenvalue weighted by molar-refractivity contribution is 0.0905. The van der Waals surface area contributed by atoms with Crippen LogP contribution in [0.2, 0.25) is 0 Å². The van der Waals surface area contributed by atoms with E-state index in [2.05, 4.69) is 15.5 Å². The van der Waals surface area contributed by atoms with Crippen molar-refractivity contribution in [3.63, 3.8) is 0 Å². The summed E-state index contributed by atoms with van der Waals surface area (Å²) in [5.74, 6) is 1.01. The highest BCUT2D eigenvalue weighted by Gasteiger charge is 2.32. The van der Waals surface area contributed by atoms with Crippen molar-refractivity contribution in [2.24, 2.45) is 5.92 Å². The number of hydrogen-bond acceptors (Lipinski definition) is 4. The van der Waals surface area contributed by atoms with E-state index in [1.54, 1.807) is 18.2 Å². The number of para-hydroxylation sites is 1. The molecule has 1 saturated carbocycles. The summed E-state index contributed by atoms with van der Waals surface area (Å²) in [6.45, 7) is 4.25. The molecule has 1 unspecified atom stereocenters. The highest BCUT2D eigenvalue weighted by atomic mass is 19.1. The molecule has 4 aromatic rings. The molecule has 2 heterocycles. The van der Waals surface area contributed by atoms with Crippen LogP contribution in [0.3, 0.4) is 0 Å². The van der Waals surface area contributed by atoms with E-state index in [0.29, 0.717) is 28.9 Å². The minimum absolute atomic E-state index is 0.0517. The van der Waals surface area contributed by atoms with Gasteiger partial charge in [0.2, 0.25) is 5.89 Å². The maximum Gasteiger partial charge on any atom is 0.268 e. The predicted molar refractivity (Wildman–Crippen MR) is 119 cm³/mol. The molecule has 1 amide bonds. The van der Waals surface area contributed by atoms with Crippen LogP contribution in [0.5, 0.6) is 0 Å². The fraction of sp³-hybridized carbons (Fsp3) is 0.320. The first-order chi connectivity index (χ1) is 15.5. The lowest BCUT2D eigenvalue weighted by Crippen LogP contribution is -2.33. The molecule has 0 radical (unpaired) electrons. The Morgan fingerprint density at radius 1 is 1.19 bits per heavy atom. The number of benzene rings is 2. The standard InChI is InChI=1S/C25H25FN4O2/c1-15(2)22(25-28-23(29-32-25)16-11-12-16)27-24(31)21-13-17-7-4-6-10-20(17)30(21)14-18-8-3-5-9-19(18)26/h3-10,13,15-16,22H,11-12,14H2,1-2H3,(H,27,31). The number of carbonyl (C=O) groups excluding carboxylic acids is 1. The molecule has 0 aliphatic heterocycles. The number of carbonyl (C=O) groups is 1. The molecule has 2 aromatic heterocycles. The van der Waals surface area contributed by atoms with Gasteiger partial charge in [-0.3, -0.25) is 4.79 Å². The van der Waals surface area contributed by atoms with Gasteiger partial charge in [0, 0.05) is 22.4 Å². The SMILES string of the molecule is CC(C)C(NC(=O)c1cc2ccccc2n1Cc1ccccc1F)c1nc(C2CC2)no1. The molecule has 5 rings (SSSR count). The Labute approximate surface area is 185 Å². The number of rotatable bonds is 7. The fourth-order valence-corrected chi connectivity index (χ4v) is 3.98. The molecule has 32 heavy (non-hydrogen) atoms. The lowest BCUT2D eigenvalue weighted by atomic mass is 10.0. The topological polar surface area (TPSA) is 73.0 Å². The van der Waals surface area contributed by atoms with E-state index < -0.39 is 6.04 Å². The van der Waals surface area contributed by atoms with Gasteiger partial charge in [-0.1, -0.05) is 55.4 Å². The number of halogens is 1. The second-order valence-electron chi connectivity index (χ2n) is 8.73. The third-order valence-electron chi connectivity index (χ3n) is 5.95. The van der Waals surface area contributed by atoms with E-state index >= 15 is 0 Å². The first kappa shape index (κ1) is 20.4. The van der Waals surface area contributed by atoms with Crippen LogP contribution in [0.4, 0.5) is 4.39 Å². The number of amides is 1. The summed E-state index contributed by atoms with van der Waals surface area (Å²) in [7, 11) is 0. The first-order valence-corrected chi connectivity index (χ1v) is 11.0. The van der Waals surface area contributed by atoms with Gasteiger partial charge in [-0.2, -0.15) is 4.98 Å². The van der Waals surface area contributed by atoms with Gasteiger partial charge < -0.3 is 14.4 Å². The zero-order chi connectivity index (χ0) is 22.2. The van der Waals surface area contributed by atoms with Crippen LogP contribution in [0.1, 0.15) is 66.4 Å². The normalized spacial score (nSPS) is 14.8. The average Bonchev–Trinajstić information content (AvgIpc) is 3.41. The Balaban J connectivity index is 1.48. The zero-order valence-electron chi connectivity index (χ0n) is 18.1. The molecule has 164 valence electrons. The number of hydrogen-bond donors (Lipinski definition) is 1. The number of nitrogens with zero attached hydrogens (tertiary/aromatic N) is 3. The summed E-state index contributed by atoms with van der Waals surface area (Å²) in [4.78, 5) is 18.0. The molecule has 1 N–H and O–H groups in total. The van der Waals surface area contributed by atoms with E-state index in [9.17, 15) is 9.18 Å². The van der Waals surface area contributed by atoms with E-state index in [4.69, 9.17) is 4.52 Å². The molecule has 0 bridgehead atoms. The smallest absolute Gasteiger partial charge is 0.268 e. The summed E-state index contributed by atoms with van der Waals surface area (Å²) < 4.78 is 21.7. The summed E-state index contributed by atoms with van der Waals surface area (Å²) in [5, 5.41) is 8.09. The Morgan fingerprint density at radius 3 is 2.69 bits per heavy atom. The van der Waals surface area contributed by atoms with Gasteiger partial charge in [-0.05, 0) is 37.0 Å². The number of aromatic nitrogens is 3.